The second-order valence-corrected chi connectivity index (χ2v) is 9.24. The lowest BCUT2D eigenvalue weighted by Gasteiger charge is -2.55. The van der Waals surface area contributed by atoms with Crippen LogP contribution in [-0.4, -0.2) is 5.78 Å². The average Bonchev–Trinajstić information content (AvgIpc) is 2.70. The van der Waals surface area contributed by atoms with Gasteiger partial charge in [0.1, 0.15) is 12.4 Å². The highest BCUT2D eigenvalue weighted by atomic mass is 16.5. The maximum atomic E-state index is 13.1. The molecule has 0 unspecified atom stereocenters. The Morgan fingerprint density at radius 1 is 0.929 bits per heavy atom. The van der Waals surface area contributed by atoms with Crippen molar-refractivity contribution in [2.24, 2.45) is 23.2 Å². The lowest BCUT2D eigenvalue weighted by Crippen LogP contribution is -2.49. The Kier molecular flexibility index (Phi) is 4.58. The summed E-state index contributed by atoms with van der Waals surface area (Å²) >= 11 is 0. The molecule has 0 atom stereocenters. The number of benzene rings is 2. The van der Waals surface area contributed by atoms with E-state index in [1.54, 1.807) is 0 Å². The first-order chi connectivity index (χ1) is 13.7. The Balaban J connectivity index is 1.26. The zero-order valence-corrected chi connectivity index (χ0v) is 16.3. The standard InChI is InChI=1S/C26H28O2/c27-25(26-15-21-11-22(16-26)13-23(12-21)17-26)10-9-19-7-4-8-24(14-19)28-18-20-5-2-1-3-6-20/h1-10,14,21-23H,11-13,15-18H2. The van der Waals surface area contributed by atoms with Gasteiger partial charge < -0.3 is 4.74 Å². The normalized spacial score (nSPS) is 30.6. The van der Waals surface area contributed by atoms with Gasteiger partial charge in [-0.15, -0.1) is 0 Å². The molecule has 0 spiro atoms. The second-order valence-electron chi connectivity index (χ2n) is 9.24. The zero-order valence-electron chi connectivity index (χ0n) is 16.3. The Morgan fingerprint density at radius 2 is 1.61 bits per heavy atom. The van der Waals surface area contributed by atoms with Gasteiger partial charge in [-0.05, 0) is 85.6 Å². The first kappa shape index (κ1) is 17.7. The van der Waals surface area contributed by atoms with Gasteiger partial charge in [0.25, 0.3) is 0 Å². The predicted octanol–water partition coefficient (Wildman–Crippen LogP) is 6.06. The van der Waals surface area contributed by atoms with Crippen LogP contribution in [0.25, 0.3) is 6.08 Å². The van der Waals surface area contributed by atoms with Crippen LogP contribution >= 0.6 is 0 Å². The van der Waals surface area contributed by atoms with Crippen LogP contribution in [0.5, 0.6) is 5.75 Å². The molecule has 2 aromatic carbocycles. The number of carbonyl (C=O) groups excluding carboxylic acids is 1. The van der Waals surface area contributed by atoms with Crippen LogP contribution in [0.1, 0.15) is 49.7 Å². The molecular weight excluding hydrogens is 344 g/mol. The molecule has 2 heteroatoms. The van der Waals surface area contributed by atoms with Crippen molar-refractivity contribution in [2.45, 2.75) is 45.1 Å². The Labute approximate surface area is 167 Å². The van der Waals surface area contributed by atoms with Gasteiger partial charge in [-0.25, -0.2) is 0 Å². The van der Waals surface area contributed by atoms with Gasteiger partial charge >= 0.3 is 0 Å². The summed E-state index contributed by atoms with van der Waals surface area (Å²) in [6, 6.07) is 18.2. The van der Waals surface area contributed by atoms with Crippen molar-refractivity contribution in [3.63, 3.8) is 0 Å². The van der Waals surface area contributed by atoms with E-state index in [1.807, 2.05) is 54.6 Å². The number of ketones is 1. The third-order valence-corrected chi connectivity index (χ3v) is 7.09. The molecule has 0 aliphatic heterocycles. The highest BCUT2D eigenvalue weighted by molar-refractivity contribution is 5.98. The van der Waals surface area contributed by atoms with E-state index in [4.69, 9.17) is 4.74 Å². The fourth-order valence-electron chi connectivity index (χ4n) is 6.21. The van der Waals surface area contributed by atoms with E-state index in [1.165, 1.54) is 19.3 Å². The van der Waals surface area contributed by atoms with Crippen molar-refractivity contribution in [3.8, 4) is 5.75 Å². The zero-order chi connectivity index (χ0) is 19.0. The minimum absolute atomic E-state index is 0.0489. The lowest BCUT2D eigenvalue weighted by atomic mass is 9.48. The van der Waals surface area contributed by atoms with E-state index < -0.39 is 0 Å². The summed E-state index contributed by atoms with van der Waals surface area (Å²) in [6.45, 7) is 0.556. The summed E-state index contributed by atoms with van der Waals surface area (Å²) in [5.74, 6) is 3.62. The van der Waals surface area contributed by atoms with E-state index in [0.717, 1.165) is 53.9 Å². The summed E-state index contributed by atoms with van der Waals surface area (Å²) in [7, 11) is 0. The molecule has 2 aromatic rings. The molecule has 28 heavy (non-hydrogen) atoms. The Bertz CT molecular complexity index is 845. The van der Waals surface area contributed by atoms with Crippen molar-refractivity contribution in [1.82, 2.24) is 0 Å². The lowest BCUT2D eigenvalue weighted by molar-refractivity contribution is -0.138. The van der Waals surface area contributed by atoms with Crippen molar-refractivity contribution in [2.75, 3.05) is 0 Å². The van der Waals surface area contributed by atoms with Crippen molar-refractivity contribution >= 4 is 11.9 Å². The number of ether oxygens (including phenoxy) is 1. The van der Waals surface area contributed by atoms with Crippen molar-refractivity contribution < 1.29 is 9.53 Å². The molecule has 0 amide bonds. The minimum Gasteiger partial charge on any atom is -0.489 e. The number of carbonyl (C=O) groups is 1. The van der Waals surface area contributed by atoms with Gasteiger partial charge in [-0.2, -0.15) is 0 Å². The molecule has 0 aromatic heterocycles. The summed E-state index contributed by atoms with van der Waals surface area (Å²) in [4.78, 5) is 13.1. The van der Waals surface area contributed by atoms with Crippen LogP contribution in [0, 0.1) is 23.2 Å². The van der Waals surface area contributed by atoms with Crippen LogP contribution in [-0.2, 0) is 11.4 Å². The smallest absolute Gasteiger partial charge is 0.161 e. The highest BCUT2D eigenvalue weighted by Crippen LogP contribution is 2.60. The van der Waals surface area contributed by atoms with Gasteiger partial charge in [-0.1, -0.05) is 48.5 Å². The molecule has 4 aliphatic carbocycles. The second kappa shape index (κ2) is 7.24. The summed E-state index contributed by atoms with van der Waals surface area (Å²) in [5, 5.41) is 0. The first-order valence-electron chi connectivity index (χ1n) is 10.7. The van der Waals surface area contributed by atoms with E-state index >= 15 is 0 Å². The van der Waals surface area contributed by atoms with E-state index in [2.05, 4.69) is 12.1 Å². The van der Waals surface area contributed by atoms with E-state index in [9.17, 15) is 4.79 Å². The van der Waals surface area contributed by atoms with Crippen LogP contribution in [0.4, 0.5) is 0 Å². The summed E-state index contributed by atoms with van der Waals surface area (Å²) in [5.41, 5.74) is 2.14. The molecular formula is C26H28O2. The predicted molar refractivity (Wildman–Crippen MR) is 112 cm³/mol. The van der Waals surface area contributed by atoms with Crippen LogP contribution < -0.4 is 4.74 Å². The molecule has 144 valence electrons. The van der Waals surface area contributed by atoms with Crippen LogP contribution in [0.2, 0.25) is 0 Å². The quantitative estimate of drug-likeness (QED) is 0.576. The van der Waals surface area contributed by atoms with Crippen molar-refractivity contribution in [1.29, 1.82) is 0 Å². The van der Waals surface area contributed by atoms with Gasteiger partial charge in [0, 0.05) is 5.41 Å². The maximum Gasteiger partial charge on any atom is 0.161 e. The molecule has 4 saturated carbocycles. The van der Waals surface area contributed by atoms with Crippen LogP contribution in [0.3, 0.4) is 0 Å². The minimum atomic E-state index is -0.0489. The fraction of sp³-hybridized carbons (Fsp3) is 0.423. The molecule has 4 bridgehead atoms. The first-order valence-corrected chi connectivity index (χ1v) is 10.7. The molecule has 4 fully saturated rings. The number of rotatable bonds is 6. The third-order valence-electron chi connectivity index (χ3n) is 7.09. The average molecular weight is 373 g/mol. The molecule has 2 nitrogen and oxygen atoms in total. The number of allylic oxidation sites excluding steroid dienone is 1. The Morgan fingerprint density at radius 3 is 2.29 bits per heavy atom. The number of hydrogen-bond donors (Lipinski definition) is 0. The van der Waals surface area contributed by atoms with Gasteiger partial charge in [0.2, 0.25) is 0 Å². The monoisotopic (exact) mass is 372 g/mol. The van der Waals surface area contributed by atoms with Gasteiger partial charge in [0.15, 0.2) is 5.78 Å². The van der Waals surface area contributed by atoms with Gasteiger partial charge in [-0.3, -0.25) is 4.79 Å². The molecule has 4 aliphatic rings. The molecule has 0 heterocycles. The molecule has 6 rings (SSSR count). The molecule has 0 radical (unpaired) electrons. The Hall–Kier alpha value is -2.35. The van der Waals surface area contributed by atoms with E-state index in [-0.39, 0.29) is 5.41 Å². The fourth-order valence-corrected chi connectivity index (χ4v) is 6.21. The van der Waals surface area contributed by atoms with Crippen LogP contribution in [0.15, 0.2) is 60.7 Å². The summed E-state index contributed by atoms with van der Waals surface area (Å²) < 4.78 is 5.92. The maximum absolute atomic E-state index is 13.1. The van der Waals surface area contributed by atoms with Crippen molar-refractivity contribution in [3.05, 3.63) is 71.8 Å². The van der Waals surface area contributed by atoms with Gasteiger partial charge in [0.05, 0.1) is 0 Å². The van der Waals surface area contributed by atoms with E-state index in [0.29, 0.717) is 12.4 Å². The largest absolute Gasteiger partial charge is 0.489 e. The summed E-state index contributed by atoms with van der Waals surface area (Å²) in [6.07, 6.45) is 11.3. The SMILES string of the molecule is O=C(C=Cc1cccc(OCc2ccccc2)c1)C12CC3CC(CC(C3)C1)C2. The molecule has 0 saturated heterocycles. The highest BCUT2D eigenvalue weighted by Gasteiger charge is 2.53. The molecule has 0 N–H and O–H groups in total. The topological polar surface area (TPSA) is 26.3 Å². The number of hydrogen-bond acceptors (Lipinski definition) is 2. The third kappa shape index (κ3) is 3.53.